The Morgan fingerprint density at radius 1 is 1.19 bits per heavy atom. The molecule has 4 nitrogen and oxygen atoms in total. The van der Waals surface area contributed by atoms with Crippen LogP contribution in [0.3, 0.4) is 0 Å². The van der Waals surface area contributed by atoms with Gasteiger partial charge in [0.25, 0.3) is 11.5 Å². The number of carbonyl (C=O) groups excluding carboxylic acids is 1. The lowest BCUT2D eigenvalue weighted by atomic mass is 10.1. The van der Waals surface area contributed by atoms with Crippen LogP contribution in [0.25, 0.3) is 11.1 Å². The van der Waals surface area contributed by atoms with Gasteiger partial charge in [0.15, 0.2) is 0 Å². The molecular weight excluding hydrogens is 363 g/mol. The lowest BCUT2D eigenvalue weighted by Gasteiger charge is -2.11. The van der Waals surface area contributed by atoms with Gasteiger partial charge < -0.3 is 9.88 Å². The number of aromatic nitrogens is 1. The van der Waals surface area contributed by atoms with E-state index in [9.17, 15) is 14.0 Å². The fraction of sp³-hybridized carbons (Fsp3) is 0.238. The maximum Gasteiger partial charge on any atom is 0.263 e. The van der Waals surface area contributed by atoms with Crippen LogP contribution in [0.4, 0.5) is 4.39 Å². The zero-order valence-corrected chi connectivity index (χ0v) is 15.9. The monoisotopic (exact) mass is 384 g/mol. The Kier molecular flexibility index (Phi) is 6.19. The topological polar surface area (TPSA) is 51.1 Å². The van der Waals surface area contributed by atoms with Crippen molar-refractivity contribution < 1.29 is 9.18 Å². The van der Waals surface area contributed by atoms with E-state index in [0.29, 0.717) is 6.54 Å². The molecule has 140 valence electrons. The van der Waals surface area contributed by atoms with Gasteiger partial charge >= 0.3 is 0 Å². The molecule has 0 bridgehead atoms. The van der Waals surface area contributed by atoms with Crippen molar-refractivity contribution >= 4 is 17.2 Å². The summed E-state index contributed by atoms with van der Waals surface area (Å²) in [5, 5.41) is 6.71. The van der Waals surface area contributed by atoms with Gasteiger partial charge in [-0.1, -0.05) is 25.5 Å². The van der Waals surface area contributed by atoms with Gasteiger partial charge in [0, 0.05) is 19.3 Å². The van der Waals surface area contributed by atoms with Gasteiger partial charge in [-0.25, -0.2) is 4.39 Å². The van der Waals surface area contributed by atoms with Crippen molar-refractivity contribution in [1.29, 1.82) is 0 Å². The first-order valence-electron chi connectivity index (χ1n) is 8.88. The Labute approximate surface area is 161 Å². The highest BCUT2D eigenvalue weighted by Gasteiger charge is 2.15. The van der Waals surface area contributed by atoms with E-state index < -0.39 is 5.91 Å². The number of benzene rings is 1. The SMILES string of the molecule is CCCCn1cc(-c2ccsc2)cc(C(=O)NCc2ccc(F)cc2)c1=O. The first-order valence-corrected chi connectivity index (χ1v) is 9.82. The number of aryl methyl sites for hydroxylation is 1. The summed E-state index contributed by atoms with van der Waals surface area (Å²) in [6, 6.07) is 9.52. The summed E-state index contributed by atoms with van der Waals surface area (Å²) in [5.74, 6) is -0.751. The number of hydrogen-bond donors (Lipinski definition) is 1. The van der Waals surface area contributed by atoms with Crippen molar-refractivity contribution in [2.75, 3.05) is 0 Å². The third kappa shape index (κ3) is 4.71. The van der Waals surface area contributed by atoms with Crippen LogP contribution in [-0.4, -0.2) is 10.5 Å². The van der Waals surface area contributed by atoms with Crippen LogP contribution in [0.2, 0.25) is 0 Å². The first kappa shape index (κ1) is 19.0. The molecule has 0 atom stereocenters. The fourth-order valence-corrected chi connectivity index (χ4v) is 3.42. The van der Waals surface area contributed by atoms with E-state index in [-0.39, 0.29) is 23.5 Å². The normalized spacial score (nSPS) is 10.7. The van der Waals surface area contributed by atoms with Gasteiger partial charge in [-0.05, 0) is 58.1 Å². The average Bonchev–Trinajstić information content (AvgIpc) is 3.21. The van der Waals surface area contributed by atoms with Gasteiger partial charge in [0.05, 0.1) is 0 Å². The zero-order valence-electron chi connectivity index (χ0n) is 15.1. The number of nitrogens with zero attached hydrogens (tertiary/aromatic N) is 1. The molecule has 1 aromatic carbocycles. The molecule has 0 aliphatic heterocycles. The predicted octanol–water partition coefficient (Wildman–Crippen LogP) is 4.45. The molecule has 0 saturated heterocycles. The number of unbranched alkanes of at least 4 members (excludes halogenated alkanes) is 1. The average molecular weight is 384 g/mol. The molecule has 3 rings (SSSR count). The number of carbonyl (C=O) groups is 1. The summed E-state index contributed by atoms with van der Waals surface area (Å²) in [5.41, 5.74) is 2.43. The van der Waals surface area contributed by atoms with Crippen molar-refractivity contribution in [3.63, 3.8) is 0 Å². The van der Waals surface area contributed by atoms with Gasteiger partial charge in [0.1, 0.15) is 11.4 Å². The number of rotatable bonds is 7. The third-order valence-electron chi connectivity index (χ3n) is 4.30. The Balaban J connectivity index is 1.87. The smallest absolute Gasteiger partial charge is 0.263 e. The number of nitrogens with one attached hydrogen (secondary N) is 1. The van der Waals surface area contributed by atoms with Crippen molar-refractivity contribution in [1.82, 2.24) is 9.88 Å². The van der Waals surface area contributed by atoms with Gasteiger partial charge in [0.2, 0.25) is 0 Å². The third-order valence-corrected chi connectivity index (χ3v) is 4.99. The minimum Gasteiger partial charge on any atom is -0.348 e. The molecule has 1 amide bonds. The number of halogens is 1. The Hall–Kier alpha value is -2.73. The van der Waals surface area contributed by atoms with Crippen molar-refractivity contribution in [3.8, 4) is 11.1 Å². The summed E-state index contributed by atoms with van der Waals surface area (Å²) in [7, 11) is 0. The number of amides is 1. The molecule has 0 unspecified atom stereocenters. The molecule has 27 heavy (non-hydrogen) atoms. The highest BCUT2D eigenvalue weighted by molar-refractivity contribution is 7.08. The summed E-state index contributed by atoms with van der Waals surface area (Å²) >= 11 is 1.57. The van der Waals surface area contributed by atoms with Crippen LogP contribution in [-0.2, 0) is 13.1 Å². The minimum absolute atomic E-state index is 0.122. The Morgan fingerprint density at radius 2 is 1.96 bits per heavy atom. The molecule has 0 fully saturated rings. The lowest BCUT2D eigenvalue weighted by Crippen LogP contribution is -2.33. The van der Waals surface area contributed by atoms with E-state index in [1.807, 2.05) is 23.0 Å². The van der Waals surface area contributed by atoms with Crippen LogP contribution in [0.5, 0.6) is 0 Å². The molecule has 0 radical (unpaired) electrons. The van der Waals surface area contributed by atoms with Gasteiger partial charge in [-0.2, -0.15) is 11.3 Å². The Bertz CT molecular complexity index is 963. The molecular formula is C21H21FN2O2S. The van der Waals surface area contributed by atoms with E-state index >= 15 is 0 Å². The van der Waals surface area contributed by atoms with Crippen LogP contribution in [0, 0.1) is 5.82 Å². The van der Waals surface area contributed by atoms with E-state index in [0.717, 1.165) is 29.5 Å². The minimum atomic E-state index is -0.424. The number of pyridine rings is 1. The predicted molar refractivity (Wildman–Crippen MR) is 106 cm³/mol. The van der Waals surface area contributed by atoms with Crippen LogP contribution in [0.15, 0.2) is 58.1 Å². The summed E-state index contributed by atoms with van der Waals surface area (Å²) < 4.78 is 14.6. The summed E-state index contributed by atoms with van der Waals surface area (Å²) in [6.45, 7) is 2.87. The lowest BCUT2D eigenvalue weighted by molar-refractivity contribution is 0.0949. The highest BCUT2D eigenvalue weighted by Crippen LogP contribution is 2.22. The molecule has 3 aromatic rings. The Morgan fingerprint density at radius 3 is 2.63 bits per heavy atom. The molecule has 0 saturated carbocycles. The second-order valence-corrected chi connectivity index (χ2v) is 7.10. The molecule has 0 spiro atoms. The van der Waals surface area contributed by atoms with Crippen LogP contribution < -0.4 is 10.9 Å². The van der Waals surface area contributed by atoms with Crippen molar-refractivity contribution in [2.45, 2.75) is 32.9 Å². The van der Waals surface area contributed by atoms with Crippen LogP contribution in [0.1, 0.15) is 35.7 Å². The van der Waals surface area contributed by atoms with E-state index in [1.165, 1.54) is 12.1 Å². The largest absolute Gasteiger partial charge is 0.348 e. The standard InChI is InChI=1S/C21H21FN2O2S/c1-2-3-9-24-13-17(16-8-10-27-14-16)11-19(21(24)26)20(25)23-12-15-4-6-18(22)7-5-15/h4-8,10-11,13-14H,2-3,9,12H2,1H3,(H,23,25). The van der Waals surface area contributed by atoms with Gasteiger partial charge in [-0.15, -0.1) is 0 Å². The van der Waals surface area contributed by atoms with Gasteiger partial charge in [-0.3, -0.25) is 9.59 Å². The van der Waals surface area contributed by atoms with Crippen molar-refractivity contribution in [2.24, 2.45) is 0 Å². The second kappa shape index (κ2) is 8.77. The molecule has 0 aliphatic carbocycles. The molecule has 2 heterocycles. The molecule has 2 aromatic heterocycles. The first-order chi connectivity index (χ1) is 13.1. The maximum atomic E-state index is 13.0. The fourth-order valence-electron chi connectivity index (χ4n) is 2.76. The molecule has 6 heteroatoms. The van der Waals surface area contributed by atoms with Crippen LogP contribution >= 0.6 is 11.3 Å². The quantitative estimate of drug-likeness (QED) is 0.654. The highest BCUT2D eigenvalue weighted by atomic mass is 32.1. The molecule has 1 N–H and O–H groups in total. The summed E-state index contributed by atoms with van der Waals surface area (Å²) in [4.78, 5) is 25.4. The van der Waals surface area contributed by atoms with E-state index in [1.54, 1.807) is 34.1 Å². The number of thiophene rings is 1. The second-order valence-electron chi connectivity index (χ2n) is 6.32. The van der Waals surface area contributed by atoms with E-state index in [2.05, 4.69) is 12.2 Å². The molecule has 0 aliphatic rings. The van der Waals surface area contributed by atoms with Crippen molar-refractivity contribution in [3.05, 3.63) is 80.7 Å². The van der Waals surface area contributed by atoms with E-state index in [4.69, 9.17) is 0 Å². The zero-order chi connectivity index (χ0) is 19.2. The maximum absolute atomic E-state index is 13.0. The number of hydrogen-bond acceptors (Lipinski definition) is 3. The summed E-state index contributed by atoms with van der Waals surface area (Å²) in [6.07, 6.45) is 3.64.